The van der Waals surface area contributed by atoms with Crippen LogP contribution < -0.4 is 15.8 Å². The lowest BCUT2D eigenvalue weighted by Crippen LogP contribution is -2.25. The van der Waals surface area contributed by atoms with Crippen LogP contribution in [0.3, 0.4) is 0 Å². The second-order valence-electron chi connectivity index (χ2n) is 8.46. The number of nitrogens with zero attached hydrogens (tertiary/aromatic N) is 5. The number of hydrogen-bond acceptors (Lipinski definition) is 9. The van der Waals surface area contributed by atoms with Crippen molar-refractivity contribution >= 4 is 44.7 Å². The van der Waals surface area contributed by atoms with Crippen molar-refractivity contribution in [1.82, 2.24) is 29.6 Å². The number of carbonyl (C=O) groups excluding carboxylic acids is 1. The number of anilines is 1. The molecular weight excluding hydrogens is 544 g/mol. The average molecular weight is 569 g/mol. The Morgan fingerprint density at radius 3 is 2.46 bits per heavy atom. The van der Waals surface area contributed by atoms with Gasteiger partial charge in [0, 0.05) is 19.6 Å². The quantitative estimate of drug-likeness (QED) is 0.181. The van der Waals surface area contributed by atoms with Gasteiger partial charge in [0.05, 0.1) is 29.5 Å². The maximum Gasteiger partial charge on any atom is 0.407 e. The van der Waals surface area contributed by atoms with Crippen LogP contribution in [-0.2, 0) is 34.4 Å². The molecule has 2 aromatic heterocycles. The second-order valence-corrected chi connectivity index (χ2v) is 10.6. The van der Waals surface area contributed by atoms with Crippen molar-refractivity contribution in [2.75, 3.05) is 12.3 Å². The first-order chi connectivity index (χ1) is 18.7. The Morgan fingerprint density at radius 1 is 1.05 bits per heavy atom. The number of carbonyl (C=O) groups is 1. The molecule has 1 amide bonds. The number of sulfonamides is 1. The third-order valence-electron chi connectivity index (χ3n) is 5.71. The number of nitrogens with one attached hydrogen (secondary N) is 2. The summed E-state index contributed by atoms with van der Waals surface area (Å²) in [5.74, 6) is 0.219. The fourth-order valence-corrected chi connectivity index (χ4v) is 4.81. The number of ether oxygens (including phenoxy) is 1. The number of amides is 1. The highest BCUT2D eigenvalue weighted by molar-refractivity contribution is 7.89. The molecular formula is C25H25ClN8O4S. The topological polar surface area (TPSA) is 178 Å². The minimum absolute atomic E-state index is 0.0503. The zero-order chi connectivity index (χ0) is 27.8. The van der Waals surface area contributed by atoms with E-state index in [0.717, 1.165) is 5.56 Å². The van der Waals surface area contributed by atoms with Crippen LogP contribution in [0.25, 0.3) is 11.2 Å². The van der Waals surface area contributed by atoms with Gasteiger partial charge in [0.1, 0.15) is 5.52 Å². The molecule has 0 radical (unpaired) electrons. The van der Waals surface area contributed by atoms with Crippen LogP contribution in [-0.4, -0.2) is 40.6 Å². The molecule has 0 saturated carbocycles. The lowest BCUT2D eigenvalue weighted by molar-refractivity contribution is 0.143. The van der Waals surface area contributed by atoms with Crippen molar-refractivity contribution in [2.45, 2.75) is 37.4 Å². The largest absolute Gasteiger partial charge is 0.450 e. The Balaban J connectivity index is 1.16. The summed E-state index contributed by atoms with van der Waals surface area (Å²) in [4.78, 5) is 24.4. The van der Waals surface area contributed by atoms with Crippen LogP contribution in [0, 0.1) is 11.3 Å². The number of alkyl carbamates (subject to hydrolysis) is 1. The molecule has 4 rings (SSSR count). The summed E-state index contributed by atoms with van der Waals surface area (Å²) >= 11 is 5.87. The van der Waals surface area contributed by atoms with Gasteiger partial charge in [0.25, 0.3) is 0 Å². The van der Waals surface area contributed by atoms with E-state index in [1.54, 1.807) is 42.7 Å². The zero-order valence-electron chi connectivity index (χ0n) is 20.7. The van der Waals surface area contributed by atoms with E-state index in [1.807, 2.05) is 10.6 Å². The standard InChI is InChI=1S/C25H25ClN8O4S/c26-24-32-22(28)21-23(33-24)34(16-30-21)11-1-2-12-38-25(35)29-14-18-7-9-20(10-8-18)39(36,37)31-15-19-5-3-17(13-27)4-6-19/h3-10,16,31H,1-2,11-12,14-15H2,(H,29,35)(H2,28,32,33). The molecule has 0 aliphatic carbocycles. The first-order valence-electron chi connectivity index (χ1n) is 11.9. The fraction of sp³-hybridized carbons (Fsp3) is 0.240. The third-order valence-corrected chi connectivity index (χ3v) is 7.30. The molecule has 0 spiro atoms. The maximum atomic E-state index is 12.6. The molecule has 202 valence electrons. The summed E-state index contributed by atoms with van der Waals surface area (Å²) < 4.78 is 34.7. The highest BCUT2D eigenvalue weighted by atomic mass is 35.5. The van der Waals surface area contributed by atoms with Crippen LogP contribution in [0.4, 0.5) is 10.6 Å². The highest BCUT2D eigenvalue weighted by Gasteiger charge is 2.14. The van der Waals surface area contributed by atoms with E-state index >= 15 is 0 Å². The number of nitrogens with two attached hydrogens (primary N) is 1. The highest BCUT2D eigenvalue weighted by Crippen LogP contribution is 2.18. The van der Waals surface area contributed by atoms with Crippen LogP contribution in [0.15, 0.2) is 59.8 Å². The van der Waals surface area contributed by atoms with Crippen LogP contribution in [0.1, 0.15) is 29.5 Å². The van der Waals surface area contributed by atoms with Gasteiger partial charge in [-0.1, -0.05) is 24.3 Å². The monoisotopic (exact) mass is 568 g/mol. The van der Waals surface area contributed by atoms with Crippen molar-refractivity contribution in [3.63, 3.8) is 0 Å². The number of halogens is 1. The Bertz CT molecular complexity index is 1600. The van der Waals surface area contributed by atoms with Gasteiger partial charge in [-0.05, 0) is 59.8 Å². The first kappa shape index (κ1) is 27.8. The number of nitriles is 1. The van der Waals surface area contributed by atoms with Crippen molar-refractivity contribution < 1.29 is 17.9 Å². The summed E-state index contributed by atoms with van der Waals surface area (Å²) in [6.07, 6.45) is 2.36. The van der Waals surface area contributed by atoms with Crippen LogP contribution in [0.5, 0.6) is 0 Å². The Kier molecular flexibility index (Phi) is 8.92. The van der Waals surface area contributed by atoms with Crippen molar-refractivity contribution in [3.05, 3.63) is 76.8 Å². The van der Waals surface area contributed by atoms with Crippen molar-refractivity contribution in [1.29, 1.82) is 5.26 Å². The lowest BCUT2D eigenvalue weighted by Gasteiger charge is -2.09. The molecule has 0 aliphatic heterocycles. The average Bonchev–Trinajstić information content (AvgIpc) is 3.34. The van der Waals surface area contributed by atoms with E-state index in [9.17, 15) is 13.2 Å². The van der Waals surface area contributed by atoms with Gasteiger partial charge < -0.3 is 20.4 Å². The number of fused-ring (bicyclic) bond motifs is 1. The number of unbranched alkanes of at least 4 members (excludes halogenated alkanes) is 1. The molecule has 2 heterocycles. The molecule has 0 unspecified atom stereocenters. The molecule has 4 N–H and O–H groups in total. The predicted molar refractivity (Wildman–Crippen MR) is 144 cm³/mol. The number of rotatable bonds is 11. The number of aryl methyl sites for hydroxylation is 1. The van der Waals surface area contributed by atoms with Gasteiger partial charge in [-0.15, -0.1) is 0 Å². The normalized spacial score (nSPS) is 11.3. The summed E-state index contributed by atoms with van der Waals surface area (Å²) in [5, 5.41) is 11.5. The Labute approximate surface area is 229 Å². The van der Waals surface area contributed by atoms with Gasteiger partial charge in [0.15, 0.2) is 11.5 Å². The molecule has 0 aliphatic rings. The minimum Gasteiger partial charge on any atom is -0.450 e. The van der Waals surface area contributed by atoms with Crippen LogP contribution >= 0.6 is 11.6 Å². The van der Waals surface area contributed by atoms with Crippen molar-refractivity contribution in [3.8, 4) is 6.07 Å². The van der Waals surface area contributed by atoms with E-state index in [2.05, 4.69) is 25.0 Å². The van der Waals surface area contributed by atoms with Gasteiger partial charge in [-0.2, -0.15) is 15.2 Å². The van der Waals surface area contributed by atoms with Crippen molar-refractivity contribution in [2.24, 2.45) is 0 Å². The molecule has 12 nitrogen and oxygen atoms in total. The summed E-state index contributed by atoms with van der Waals surface area (Å²) in [6, 6.07) is 14.8. The van der Waals surface area contributed by atoms with Gasteiger partial charge in [-0.25, -0.2) is 22.9 Å². The molecule has 0 bridgehead atoms. The molecule has 14 heteroatoms. The van der Waals surface area contributed by atoms with E-state index in [-0.39, 0.29) is 35.7 Å². The Hall–Kier alpha value is -4.25. The second kappa shape index (κ2) is 12.5. The maximum absolute atomic E-state index is 12.6. The molecule has 0 fully saturated rings. The number of nitrogen functional groups attached to an aromatic ring is 1. The third kappa shape index (κ3) is 7.41. The smallest absolute Gasteiger partial charge is 0.407 e. The fourth-order valence-electron chi connectivity index (χ4n) is 3.62. The zero-order valence-corrected chi connectivity index (χ0v) is 22.2. The molecule has 0 atom stereocenters. The van der Waals surface area contributed by atoms with Crippen LogP contribution in [0.2, 0.25) is 5.28 Å². The summed E-state index contributed by atoms with van der Waals surface area (Å²) in [5.41, 5.74) is 8.79. The predicted octanol–water partition coefficient (Wildman–Crippen LogP) is 3.12. The van der Waals surface area contributed by atoms with Gasteiger partial charge >= 0.3 is 6.09 Å². The van der Waals surface area contributed by atoms with Gasteiger partial charge in [-0.3, -0.25) is 0 Å². The van der Waals surface area contributed by atoms with Gasteiger partial charge in [0.2, 0.25) is 15.3 Å². The van der Waals surface area contributed by atoms with E-state index in [4.69, 9.17) is 27.3 Å². The number of hydrogen-bond donors (Lipinski definition) is 3. The Morgan fingerprint density at radius 2 is 1.74 bits per heavy atom. The van der Waals surface area contributed by atoms with E-state index < -0.39 is 16.1 Å². The number of benzene rings is 2. The summed E-state index contributed by atoms with van der Waals surface area (Å²) in [6.45, 7) is 1.09. The SMILES string of the molecule is N#Cc1ccc(CNS(=O)(=O)c2ccc(CNC(=O)OCCCCn3cnc4c(N)nc(Cl)nc43)cc2)cc1. The number of imidazole rings is 1. The first-order valence-corrected chi connectivity index (χ1v) is 13.7. The molecule has 39 heavy (non-hydrogen) atoms. The molecule has 0 saturated heterocycles. The molecule has 4 aromatic rings. The van der Waals surface area contributed by atoms with E-state index in [1.165, 1.54) is 12.1 Å². The van der Waals surface area contributed by atoms with E-state index in [0.29, 0.717) is 41.7 Å². The molecule has 2 aromatic carbocycles. The lowest BCUT2D eigenvalue weighted by atomic mass is 10.1. The summed E-state index contributed by atoms with van der Waals surface area (Å²) in [7, 11) is -3.73. The minimum atomic E-state index is -3.73. The number of aromatic nitrogens is 4.